The van der Waals surface area contributed by atoms with E-state index >= 15 is 0 Å². The van der Waals surface area contributed by atoms with E-state index in [0.717, 1.165) is 30.0 Å². The second-order valence-corrected chi connectivity index (χ2v) is 6.97. The number of ether oxygens (including phenoxy) is 1. The molecule has 2 unspecified atom stereocenters. The van der Waals surface area contributed by atoms with Gasteiger partial charge in [-0.1, -0.05) is 29.3 Å². The van der Waals surface area contributed by atoms with Crippen LogP contribution in [-0.4, -0.2) is 18.2 Å². The highest BCUT2D eigenvalue weighted by Crippen LogP contribution is 2.42. The van der Waals surface area contributed by atoms with Crippen LogP contribution in [0.5, 0.6) is 0 Å². The van der Waals surface area contributed by atoms with Crippen LogP contribution in [0, 0.1) is 0 Å². The van der Waals surface area contributed by atoms with Crippen LogP contribution >= 0.6 is 23.2 Å². The zero-order chi connectivity index (χ0) is 14.2. The van der Waals surface area contributed by atoms with Gasteiger partial charge in [0.25, 0.3) is 0 Å². The first-order valence-electron chi connectivity index (χ1n) is 7.43. The van der Waals surface area contributed by atoms with Gasteiger partial charge in [0.2, 0.25) is 0 Å². The average Bonchev–Trinajstić information content (AvgIpc) is 2.37. The maximum Gasteiger partial charge on any atom is 0.0697 e. The van der Waals surface area contributed by atoms with Crippen molar-refractivity contribution in [2.45, 2.75) is 56.7 Å². The number of halogens is 2. The third kappa shape index (κ3) is 2.99. The molecule has 4 heteroatoms. The van der Waals surface area contributed by atoms with E-state index in [0.29, 0.717) is 11.1 Å². The summed E-state index contributed by atoms with van der Waals surface area (Å²) in [4.78, 5) is 0. The molecular formula is C16H21Cl2NO. The summed E-state index contributed by atoms with van der Waals surface area (Å²) in [6, 6.07) is 6.48. The van der Waals surface area contributed by atoms with Gasteiger partial charge in [0.1, 0.15) is 0 Å². The monoisotopic (exact) mass is 313 g/mol. The van der Waals surface area contributed by atoms with Crippen LogP contribution in [0.4, 0.5) is 0 Å². The SMILES string of the molecule is CC(NC1CCOC2(CCC2)C1)c1ccc(Cl)cc1Cl. The van der Waals surface area contributed by atoms with E-state index in [9.17, 15) is 0 Å². The zero-order valence-corrected chi connectivity index (χ0v) is 13.3. The fourth-order valence-corrected chi connectivity index (χ4v) is 3.96. The third-order valence-corrected chi connectivity index (χ3v) is 5.23. The number of nitrogens with one attached hydrogen (secondary N) is 1. The summed E-state index contributed by atoms with van der Waals surface area (Å²) in [7, 11) is 0. The molecule has 1 saturated carbocycles. The highest BCUT2D eigenvalue weighted by molar-refractivity contribution is 6.35. The summed E-state index contributed by atoms with van der Waals surface area (Å²) in [5.74, 6) is 0. The standard InChI is InChI=1S/C16H21Cl2NO/c1-11(14-4-3-12(17)9-15(14)18)19-13-5-8-20-16(10-13)6-2-7-16/h3-4,9,11,13,19H,2,5-8,10H2,1H3. The second-order valence-electron chi connectivity index (χ2n) is 6.13. The van der Waals surface area contributed by atoms with Gasteiger partial charge in [0.05, 0.1) is 5.60 Å². The van der Waals surface area contributed by atoms with Crippen LogP contribution in [0.1, 0.15) is 50.6 Å². The summed E-state index contributed by atoms with van der Waals surface area (Å²) >= 11 is 12.2. The Morgan fingerprint density at radius 2 is 2.15 bits per heavy atom. The molecule has 1 heterocycles. The van der Waals surface area contributed by atoms with Crippen molar-refractivity contribution in [1.29, 1.82) is 0 Å². The lowest BCUT2D eigenvalue weighted by atomic mass is 9.74. The zero-order valence-electron chi connectivity index (χ0n) is 11.8. The van der Waals surface area contributed by atoms with Gasteiger partial charge in [-0.2, -0.15) is 0 Å². The van der Waals surface area contributed by atoms with E-state index in [-0.39, 0.29) is 11.6 Å². The van der Waals surface area contributed by atoms with E-state index in [1.54, 1.807) is 0 Å². The maximum absolute atomic E-state index is 6.29. The summed E-state index contributed by atoms with van der Waals surface area (Å²) in [5.41, 5.74) is 1.30. The minimum absolute atomic E-state index is 0.180. The molecule has 110 valence electrons. The molecule has 1 aliphatic heterocycles. The van der Waals surface area contributed by atoms with Crippen molar-refractivity contribution in [3.8, 4) is 0 Å². The Labute approximate surface area is 130 Å². The van der Waals surface area contributed by atoms with Crippen molar-refractivity contribution in [1.82, 2.24) is 5.32 Å². The lowest BCUT2D eigenvalue weighted by molar-refractivity contribution is -0.136. The fourth-order valence-electron chi connectivity index (χ4n) is 3.39. The largest absolute Gasteiger partial charge is 0.375 e. The quantitative estimate of drug-likeness (QED) is 0.869. The predicted octanol–water partition coefficient (Wildman–Crippen LogP) is 4.75. The van der Waals surface area contributed by atoms with Crippen LogP contribution in [0.25, 0.3) is 0 Å². The molecule has 2 atom stereocenters. The van der Waals surface area contributed by atoms with Crippen LogP contribution in [-0.2, 0) is 4.74 Å². The fraction of sp³-hybridized carbons (Fsp3) is 0.625. The van der Waals surface area contributed by atoms with Gasteiger partial charge in [-0.05, 0) is 56.7 Å². The molecule has 2 nitrogen and oxygen atoms in total. The minimum Gasteiger partial charge on any atom is -0.375 e. The molecule has 2 aliphatic rings. The first kappa shape index (κ1) is 14.6. The summed E-state index contributed by atoms with van der Waals surface area (Å²) in [5, 5.41) is 5.14. The Kier molecular flexibility index (Phi) is 4.28. The summed E-state index contributed by atoms with van der Waals surface area (Å²) in [6.45, 7) is 3.04. The lowest BCUT2D eigenvalue weighted by Crippen LogP contribution is -2.51. The molecule has 0 aromatic heterocycles. The number of hydrogen-bond acceptors (Lipinski definition) is 2. The van der Waals surface area contributed by atoms with Gasteiger partial charge < -0.3 is 10.1 Å². The van der Waals surface area contributed by atoms with Gasteiger partial charge in [-0.15, -0.1) is 0 Å². The molecule has 1 aliphatic carbocycles. The molecule has 3 rings (SSSR count). The molecule has 2 fully saturated rings. The molecule has 1 spiro atoms. The number of benzene rings is 1. The first-order chi connectivity index (χ1) is 9.58. The topological polar surface area (TPSA) is 21.3 Å². The Morgan fingerprint density at radius 1 is 1.35 bits per heavy atom. The van der Waals surface area contributed by atoms with E-state index in [1.165, 1.54) is 19.3 Å². The molecule has 0 bridgehead atoms. The maximum atomic E-state index is 6.29. The second kappa shape index (κ2) is 5.84. The number of rotatable bonds is 3. The van der Waals surface area contributed by atoms with E-state index < -0.39 is 0 Å². The van der Waals surface area contributed by atoms with E-state index in [1.807, 2.05) is 18.2 Å². The average molecular weight is 314 g/mol. The molecule has 20 heavy (non-hydrogen) atoms. The van der Waals surface area contributed by atoms with Crippen LogP contribution < -0.4 is 5.32 Å². The van der Waals surface area contributed by atoms with Crippen molar-refractivity contribution in [2.75, 3.05) is 6.61 Å². The Hall–Kier alpha value is -0.280. The van der Waals surface area contributed by atoms with Gasteiger partial charge in [-0.3, -0.25) is 0 Å². The van der Waals surface area contributed by atoms with Crippen molar-refractivity contribution in [2.24, 2.45) is 0 Å². The van der Waals surface area contributed by atoms with E-state index in [4.69, 9.17) is 27.9 Å². The van der Waals surface area contributed by atoms with Crippen LogP contribution in [0.2, 0.25) is 10.0 Å². The van der Waals surface area contributed by atoms with Crippen molar-refractivity contribution >= 4 is 23.2 Å². The summed E-state index contributed by atoms with van der Waals surface area (Å²) < 4.78 is 5.97. The Balaban J connectivity index is 1.64. The van der Waals surface area contributed by atoms with Gasteiger partial charge >= 0.3 is 0 Å². The van der Waals surface area contributed by atoms with Crippen molar-refractivity contribution in [3.63, 3.8) is 0 Å². The number of hydrogen-bond donors (Lipinski definition) is 1. The van der Waals surface area contributed by atoms with Crippen LogP contribution in [0.3, 0.4) is 0 Å². The predicted molar refractivity (Wildman–Crippen MR) is 83.6 cm³/mol. The lowest BCUT2D eigenvalue weighted by Gasteiger charge is -2.47. The Morgan fingerprint density at radius 3 is 2.80 bits per heavy atom. The summed E-state index contributed by atoms with van der Waals surface area (Å²) in [6.07, 6.45) is 5.97. The molecular weight excluding hydrogens is 293 g/mol. The van der Waals surface area contributed by atoms with E-state index in [2.05, 4.69) is 12.2 Å². The Bertz CT molecular complexity index is 487. The van der Waals surface area contributed by atoms with Crippen molar-refractivity contribution < 1.29 is 4.74 Å². The molecule has 1 aromatic carbocycles. The third-order valence-electron chi connectivity index (χ3n) is 4.67. The van der Waals surface area contributed by atoms with Gasteiger partial charge in [0.15, 0.2) is 0 Å². The molecule has 0 amide bonds. The van der Waals surface area contributed by atoms with Crippen LogP contribution in [0.15, 0.2) is 18.2 Å². The smallest absolute Gasteiger partial charge is 0.0697 e. The van der Waals surface area contributed by atoms with Gasteiger partial charge in [-0.25, -0.2) is 0 Å². The highest BCUT2D eigenvalue weighted by atomic mass is 35.5. The van der Waals surface area contributed by atoms with Gasteiger partial charge in [0, 0.05) is 28.7 Å². The van der Waals surface area contributed by atoms with Crippen molar-refractivity contribution in [3.05, 3.63) is 33.8 Å². The molecule has 0 radical (unpaired) electrons. The molecule has 1 aromatic rings. The minimum atomic E-state index is 0.180. The molecule has 1 N–H and O–H groups in total. The highest BCUT2D eigenvalue weighted by Gasteiger charge is 2.42. The first-order valence-corrected chi connectivity index (χ1v) is 8.19. The molecule has 1 saturated heterocycles. The normalized spacial score (nSPS) is 26.2.